The van der Waals surface area contributed by atoms with E-state index < -0.39 is 23.3 Å². The first-order valence-electron chi connectivity index (χ1n) is 12.5. The van der Waals surface area contributed by atoms with E-state index in [-0.39, 0.29) is 11.9 Å². The molecule has 0 aromatic heterocycles. The van der Waals surface area contributed by atoms with Crippen molar-refractivity contribution < 1.29 is 19.1 Å². The van der Waals surface area contributed by atoms with Gasteiger partial charge in [0.25, 0.3) is 0 Å². The molecular weight excluding hydrogens is 428 g/mol. The molecule has 1 heterocycles. The van der Waals surface area contributed by atoms with Crippen LogP contribution < -0.4 is 10.6 Å². The predicted molar refractivity (Wildman–Crippen MR) is 129 cm³/mol. The Morgan fingerprint density at radius 1 is 0.971 bits per heavy atom. The lowest BCUT2D eigenvalue weighted by molar-refractivity contribution is -0.135. The van der Waals surface area contributed by atoms with E-state index in [1.807, 2.05) is 42.5 Å². The maximum Gasteiger partial charge on any atom is 0.244 e. The molecule has 1 aliphatic heterocycles. The third-order valence-corrected chi connectivity index (χ3v) is 7.67. The zero-order valence-corrected chi connectivity index (χ0v) is 19.4. The van der Waals surface area contributed by atoms with E-state index in [1.54, 1.807) is 0 Å². The van der Waals surface area contributed by atoms with Gasteiger partial charge in [0.1, 0.15) is 5.54 Å². The molecule has 2 saturated carbocycles. The second-order valence-corrected chi connectivity index (χ2v) is 9.98. The Hall–Kier alpha value is -2.99. The topological polar surface area (TPSA) is 84.5 Å². The fourth-order valence-electron chi connectivity index (χ4n) is 5.76. The third kappa shape index (κ3) is 4.64. The second kappa shape index (κ2) is 9.71. The van der Waals surface area contributed by atoms with Gasteiger partial charge in [-0.2, -0.15) is 0 Å². The van der Waals surface area contributed by atoms with Crippen LogP contribution in [-0.4, -0.2) is 29.2 Å². The molecule has 2 unspecified atom stereocenters. The molecule has 0 radical (unpaired) electrons. The van der Waals surface area contributed by atoms with Crippen molar-refractivity contribution >= 4 is 23.3 Å². The molecule has 2 aromatic carbocycles. The summed E-state index contributed by atoms with van der Waals surface area (Å²) in [5.41, 5.74) is 1.98. The van der Waals surface area contributed by atoms with Crippen LogP contribution in [0.2, 0.25) is 0 Å². The van der Waals surface area contributed by atoms with Crippen LogP contribution in [0.1, 0.15) is 68.4 Å². The molecule has 3 atom stereocenters. The second-order valence-electron chi connectivity index (χ2n) is 9.98. The molecular formula is C28H32N2O4. The highest BCUT2D eigenvalue weighted by Gasteiger charge is 2.58. The predicted octanol–water partition coefficient (Wildman–Crippen LogP) is 4.50. The van der Waals surface area contributed by atoms with Gasteiger partial charge in [0.05, 0.1) is 12.7 Å². The van der Waals surface area contributed by atoms with Crippen molar-refractivity contribution in [2.45, 2.75) is 75.5 Å². The Morgan fingerprint density at radius 2 is 1.71 bits per heavy atom. The summed E-state index contributed by atoms with van der Waals surface area (Å²) in [6.07, 6.45) is 7.71. The zero-order valence-electron chi connectivity index (χ0n) is 19.4. The minimum Gasteiger partial charge on any atom is -0.373 e. The van der Waals surface area contributed by atoms with E-state index in [1.165, 1.54) is 37.7 Å². The molecule has 2 amide bonds. The largest absolute Gasteiger partial charge is 0.373 e. The number of hydrogen-bond donors (Lipinski definition) is 2. The van der Waals surface area contributed by atoms with Crippen LogP contribution in [0, 0.1) is 5.92 Å². The first kappa shape index (κ1) is 22.8. The summed E-state index contributed by atoms with van der Waals surface area (Å²) in [4.78, 5) is 38.9. The van der Waals surface area contributed by atoms with E-state index in [4.69, 9.17) is 4.74 Å². The number of nitrogens with one attached hydrogen (secondary N) is 2. The molecule has 1 spiro atoms. The van der Waals surface area contributed by atoms with Gasteiger partial charge >= 0.3 is 0 Å². The maximum atomic E-state index is 13.3. The normalized spacial score (nSPS) is 27.2. The Labute approximate surface area is 200 Å². The summed E-state index contributed by atoms with van der Waals surface area (Å²) in [6.45, 7) is 0.463. The maximum absolute atomic E-state index is 13.3. The first-order valence-corrected chi connectivity index (χ1v) is 12.5. The van der Waals surface area contributed by atoms with E-state index >= 15 is 0 Å². The van der Waals surface area contributed by atoms with E-state index in [2.05, 4.69) is 22.8 Å². The van der Waals surface area contributed by atoms with Crippen LogP contribution in [0.25, 0.3) is 0 Å². The number of amides is 2. The molecule has 2 aliphatic carbocycles. The third-order valence-electron chi connectivity index (χ3n) is 7.67. The van der Waals surface area contributed by atoms with Crippen LogP contribution >= 0.6 is 0 Å². The smallest absolute Gasteiger partial charge is 0.244 e. The average molecular weight is 461 g/mol. The van der Waals surface area contributed by atoms with Crippen molar-refractivity contribution in [2.75, 3.05) is 5.32 Å². The molecule has 2 N–H and O–H groups in total. The lowest BCUT2D eigenvalue weighted by Gasteiger charge is -2.22. The van der Waals surface area contributed by atoms with Gasteiger partial charge < -0.3 is 15.4 Å². The van der Waals surface area contributed by atoms with Gasteiger partial charge in [0, 0.05) is 12.1 Å². The van der Waals surface area contributed by atoms with E-state index in [0.717, 1.165) is 5.56 Å². The molecule has 2 aromatic rings. The number of carbonyl (C=O) groups is 3. The van der Waals surface area contributed by atoms with Gasteiger partial charge in [-0.1, -0.05) is 61.7 Å². The summed E-state index contributed by atoms with van der Waals surface area (Å²) in [7, 11) is 0. The Bertz CT molecular complexity index is 1050. The highest BCUT2D eigenvalue weighted by atomic mass is 16.5. The number of ether oxygens (including phenoxy) is 1. The summed E-state index contributed by atoms with van der Waals surface area (Å²) in [5.74, 6) is -2.13. The van der Waals surface area contributed by atoms with Gasteiger partial charge in [0.2, 0.25) is 11.8 Å². The fourth-order valence-corrected chi connectivity index (χ4v) is 5.76. The van der Waals surface area contributed by atoms with Crippen molar-refractivity contribution in [1.82, 2.24) is 5.32 Å². The molecule has 3 aliphatic rings. The number of benzene rings is 2. The number of carbonyl (C=O) groups excluding carboxylic acids is 3. The van der Waals surface area contributed by atoms with Gasteiger partial charge in [-0.25, -0.2) is 0 Å². The average Bonchev–Trinajstić information content (AvgIpc) is 3.39. The minimum absolute atomic E-state index is 0.126. The van der Waals surface area contributed by atoms with Gasteiger partial charge in [0.15, 0.2) is 11.7 Å². The number of rotatable bonds is 6. The van der Waals surface area contributed by atoms with Crippen molar-refractivity contribution in [1.29, 1.82) is 0 Å². The summed E-state index contributed by atoms with van der Waals surface area (Å²) in [5, 5.41) is 5.63. The van der Waals surface area contributed by atoms with Crippen molar-refractivity contribution in [3.63, 3.8) is 0 Å². The van der Waals surface area contributed by atoms with Gasteiger partial charge in [-0.3, -0.25) is 14.4 Å². The molecule has 6 nitrogen and oxygen atoms in total. The van der Waals surface area contributed by atoms with Gasteiger partial charge in [-0.15, -0.1) is 0 Å². The van der Waals surface area contributed by atoms with Crippen molar-refractivity contribution in [3.8, 4) is 0 Å². The Balaban J connectivity index is 1.19. The summed E-state index contributed by atoms with van der Waals surface area (Å²) >= 11 is 0. The van der Waals surface area contributed by atoms with Crippen LogP contribution in [0.15, 0.2) is 54.6 Å². The molecule has 3 fully saturated rings. The molecule has 0 bridgehead atoms. The summed E-state index contributed by atoms with van der Waals surface area (Å²) in [6, 6.07) is 17.7. The number of Topliss-reactive ketones (excluding diaryl/α,β-unsaturated/α-hetero) is 1. The molecule has 178 valence electrons. The highest BCUT2D eigenvalue weighted by Crippen LogP contribution is 2.39. The van der Waals surface area contributed by atoms with E-state index in [0.29, 0.717) is 37.5 Å². The van der Waals surface area contributed by atoms with Gasteiger partial charge in [-0.05, 0) is 54.9 Å². The fraction of sp³-hybridized carbons (Fsp3) is 0.464. The molecule has 5 rings (SSSR count). The van der Waals surface area contributed by atoms with Crippen LogP contribution in [-0.2, 0) is 25.7 Å². The molecule has 1 saturated heterocycles. The quantitative estimate of drug-likeness (QED) is 0.622. The minimum atomic E-state index is -1.31. The zero-order chi connectivity index (χ0) is 23.5. The lowest BCUT2D eigenvalue weighted by Crippen LogP contribution is -2.45. The molecule has 6 heteroatoms. The van der Waals surface area contributed by atoms with Crippen LogP contribution in [0.5, 0.6) is 0 Å². The van der Waals surface area contributed by atoms with Crippen molar-refractivity contribution in [2.24, 2.45) is 5.92 Å². The number of anilines is 1. The SMILES string of the molecule is O=C(Nc1ccc(C2CCCCC2)cc1)C1C(=O)NC2(CC[C@@H](OCc3ccccc3)C2)C1=O. The van der Waals surface area contributed by atoms with Crippen molar-refractivity contribution in [3.05, 3.63) is 65.7 Å². The number of ketones is 1. The van der Waals surface area contributed by atoms with E-state index in [9.17, 15) is 14.4 Å². The standard InChI is InChI=1S/C28H32N2O4/c31-25-24(26(32)29-22-13-11-21(12-14-22)20-9-5-2-6-10-20)27(33)30-28(25)16-15-23(17-28)34-18-19-7-3-1-4-8-19/h1,3-4,7-8,11-14,20,23-24H,2,5-6,9-10,15-18H2,(H,29,32)(H,30,33)/t23-,24?,28?/m1/s1. The summed E-state index contributed by atoms with van der Waals surface area (Å²) < 4.78 is 6.01. The highest BCUT2D eigenvalue weighted by molar-refractivity contribution is 6.27. The Morgan fingerprint density at radius 3 is 2.44 bits per heavy atom. The number of hydrogen-bond acceptors (Lipinski definition) is 4. The first-order chi connectivity index (χ1) is 16.5. The molecule has 34 heavy (non-hydrogen) atoms. The lowest BCUT2D eigenvalue weighted by atomic mass is 9.84. The monoisotopic (exact) mass is 460 g/mol. The van der Waals surface area contributed by atoms with Crippen LogP contribution in [0.3, 0.4) is 0 Å². The Kier molecular flexibility index (Phi) is 6.50. The van der Waals surface area contributed by atoms with Crippen LogP contribution in [0.4, 0.5) is 5.69 Å².